The number of hydrogen-bond donors (Lipinski definition) is 6. The van der Waals surface area contributed by atoms with Gasteiger partial charge in [0.1, 0.15) is 34.0 Å². The third-order valence-electron chi connectivity index (χ3n) is 16.2. The van der Waals surface area contributed by atoms with Crippen LogP contribution in [0.4, 0.5) is 10.5 Å². The molecule has 0 radical (unpaired) electrons. The minimum atomic E-state index is -1.99. The van der Waals surface area contributed by atoms with Crippen molar-refractivity contribution in [1.82, 2.24) is 14.7 Å². The molecule has 1 spiro atoms. The summed E-state index contributed by atoms with van der Waals surface area (Å²) in [5, 5.41) is 61.5. The average molecular weight is 987 g/mol. The summed E-state index contributed by atoms with van der Waals surface area (Å²) in [7, 11) is 1.48. The molecule has 7 aliphatic rings. The van der Waals surface area contributed by atoms with Crippen molar-refractivity contribution in [3.8, 4) is 17.2 Å². The van der Waals surface area contributed by atoms with Crippen LogP contribution in [-0.2, 0) is 19.0 Å². The van der Waals surface area contributed by atoms with Crippen molar-refractivity contribution in [3.63, 3.8) is 0 Å². The Morgan fingerprint density at radius 1 is 0.901 bits per heavy atom. The first-order valence-electron chi connectivity index (χ1n) is 25.3. The van der Waals surface area contributed by atoms with Crippen molar-refractivity contribution < 1.29 is 58.9 Å². The zero-order valence-corrected chi connectivity index (χ0v) is 42.9. The highest BCUT2D eigenvalue weighted by atomic mass is 16.7. The van der Waals surface area contributed by atoms with Gasteiger partial charge in [0.2, 0.25) is 0 Å². The van der Waals surface area contributed by atoms with Gasteiger partial charge in [-0.25, -0.2) is 9.79 Å². The maximum atomic E-state index is 15.0. The molecule has 71 heavy (non-hydrogen) atoms. The summed E-state index contributed by atoms with van der Waals surface area (Å²) < 4.78 is 24.9. The van der Waals surface area contributed by atoms with E-state index < -0.39 is 83.1 Å². The Kier molecular flexibility index (Phi) is 14.8. The number of Topliss-reactive ketones (excluding diaryl/α,β-unsaturated/α-hetero) is 1. The fraction of sp³-hybridized carbons (Fsp3) is 0.642. The second-order valence-electron chi connectivity index (χ2n) is 21.6. The molecule has 3 fully saturated rings. The smallest absolute Gasteiger partial charge is 0.410 e. The Labute approximate surface area is 415 Å². The number of aliphatic hydroxyl groups is 3. The molecule has 9 rings (SSSR count). The van der Waals surface area contributed by atoms with Gasteiger partial charge in [-0.15, -0.1) is 0 Å². The monoisotopic (exact) mass is 987 g/mol. The van der Waals surface area contributed by atoms with Crippen molar-refractivity contribution in [3.05, 3.63) is 58.0 Å². The van der Waals surface area contributed by atoms with Crippen molar-refractivity contribution in [2.45, 2.75) is 129 Å². The highest BCUT2D eigenvalue weighted by Gasteiger charge is 2.52. The van der Waals surface area contributed by atoms with Gasteiger partial charge in [-0.2, -0.15) is 0 Å². The number of amides is 2. The van der Waals surface area contributed by atoms with Gasteiger partial charge < -0.3 is 59.6 Å². The van der Waals surface area contributed by atoms with Crippen LogP contribution in [0.2, 0.25) is 0 Å². The Hall–Kier alpha value is -5.11. The average Bonchev–Trinajstić information content (AvgIpc) is 4.00. The number of rotatable bonds is 6. The van der Waals surface area contributed by atoms with Gasteiger partial charge >= 0.3 is 11.9 Å². The number of ether oxygens (including phenoxy) is 4. The normalized spacial score (nSPS) is 32.9. The lowest BCUT2D eigenvalue weighted by atomic mass is 9.78. The molecule has 5 bridgehead atoms. The van der Waals surface area contributed by atoms with E-state index in [1.807, 2.05) is 6.92 Å². The Morgan fingerprint density at radius 3 is 2.20 bits per heavy atom. The number of anilines is 1. The van der Waals surface area contributed by atoms with E-state index >= 15 is 0 Å². The molecule has 18 nitrogen and oxygen atoms in total. The topological polar surface area (TPSA) is 236 Å². The van der Waals surface area contributed by atoms with Crippen LogP contribution in [0.25, 0.3) is 10.8 Å². The molecule has 2 aromatic rings. The van der Waals surface area contributed by atoms with E-state index in [1.54, 1.807) is 63.8 Å². The summed E-state index contributed by atoms with van der Waals surface area (Å²) in [5.74, 6) is -6.30. The largest absolute Gasteiger partial charge is 0.507 e. The summed E-state index contributed by atoms with van der Waals surface area (Å²) in [4.78, 5) is 58.8. The van der Waals surface area contributed by atoms with E-state index in [1.165, 1.54) is 20.3 Å². The molecule has 1 aliphatic carbocycles. The number of benzene rings is 2. The number of aliphatic hydroxyl groups excluding tert-OH is 3. The number of hydrogen-bond acceptors (Lipinski definition) is 16. The Balaban J connectivity index is 1.20. The van der Waals surface area contributed by atoms with Crippen molar-refractivity contribution >= 4 is 34.2 Å². The van der Waals surface area contributed by atoms with E-state index in [0.29, 0.717) is 63.7 Å². The number of carbonyl (C=O) groups is 3. The molecule has 0 unspecified atom stereocenters. The SMILES string of the molecule is CO[C@H]1/C=C/O[C@@]2(C)Oc3c(C)c(O)c4c(O)c(c5c(c4c3C2=O)NC2(CCN(CC(C)C)CC2)N=5)=NC(=O)/C(C)=C\C=C\[C@H](C)[C@H](O)[C@@H](C)[C@@H](O)[C@@H](C)[C@H](OC(=O)N2CCN(C3(CO)CC3)CC2)[C@@H]1C. The lowest BCUT2D eigenvalue weighted by Gasteiger charge is -2.41. The van der Waals surface area contributed by atoms with Crippen LogP contribution in [0.3, 0.4) is 0 Å². The van der Waals surface area contributed by atoms with Gasteiger partial charge in [0.05, 0.1) is 47.8 Å². The quantitative estimate of drug-likeness (QED) is 0.219. The number of likely N-dealkylation sites (tertiary alicyclic amines) is 1. The van der Waals surface area contributed by atoms with Crippen LogP contribution in [0.15, 0.2) is 46.1 Å². The zero-order valence-electron chi connectivity index (χ0n) is 42.9. The number of phenols is 2. The fourth-order valence-electron chi connectivity index (χ4n) is 11.3. The van der Waals surface area contributed by atoms with Gasteiger partial charge in [0.15, 0.2) is 5.75 Å². The number of fused-ring (bicyclic) bond motifs is 13. The summed E-state index contributed by atoms with van der Waals surface area (Å²) in [6.45, 7) is 20.4. The van der Waals surface area contributed by atoms with Gasteiger partial charge in [0.25, 0.3) is 11.7 Å². The Bertz CT molecular complexity index is 2630. The van der Waals surface area contributed by atoms with Crippen LogP contribution < -0.4 is 20.8 Å². The van der Waals surface area contributed by atoms with Gasteiger partial charge in [0, 0.05) is 118 Å². The van der Waals surface area contributed by atoms with Gasteiger partial charge in [-0.3, -0.25) is 19.5 Å². The summed E-state index contributed by atoms with van der Waals surface area (Å²) in [5.41, 5.74) is -0.376. The van der Waals surface area contributed by atoms with Gasteiger partial charge in [-0.05, 0) is 38.7 Å². The van der Waals surface area contributed by atoms with E-state index in [4.69, 9.17) is 23.9 Å². The minimum absolute atomic E-state index is 0.0460. The van der Waals surface area contributed by atoms with Crippen LogP contribution >= 0.6 is 0 Å². The second kappa shape index (κ2) is 20.1. The molecular weight excluding hydrogens is 913 g/mol. The zero-order chi connectivity index (χ0) is 51.5. The number of methoxy groups -OCH3 is 1. The molecule has 0 aromatic heterocycles. The van der Waals surface area contributed by atoms with Crippen LogP contribution in [0, 0.1) is 36.5 Å². The molecule has 2 amide bonds. The molecule has 1 saturated carbocycles. The molecule has 2 saturated heterocycles. The first-order valence-corrected chi connectivity index (χ1v) is 25.3. The predicted octanol–water partition coefficient (Wildman–Crippen LogP) is 4.47. The van der Waals surface area contributed by atoms with Crippen molar-refractivity contribution in [2.75, 3.05) is 64.8 Å². The maximum absolute atomic E-state index is 15.0. The second-order valence-corrected chi connectivity index (χ2v) is 21.6. The van der Waals surface area contributed by atoms with E-state index in [-0.39, 0.29) is 61.8 Å². The number of aromatic hydroxyl groups is 2. The number of carbonyl (C=O) groups excluding carboxylic acids is 3. The molecule has 6 heterocycles. The first-order chi connectivity index (χ1) is 33.6. The summed E-state index contributed by atoms with van der Waals surface area (Å²) in [6, 6.07) is 0. The van der Waals surface area contributed by atoms with Gasteiger partial charge in [-0.1, -0.05) is 59.8 Å². The fourth-order valence-corrected chi connectivity index (χ4v) is 11.3. The molecule has 2 aromatic carbocycles. The van der Waals surface area contributed by atoms with Crippen LogP contribution in [0.1, 0.15) is 97.0 Å². The molecule has 6 aliphatic heterocycles. The number of allylic oxidation sites excluding steroid dienone is 2. The third-order valence-corrected chi connectivity index (χ3v) is 16.2. The molecule has 9 atom stereocenters. The molecular formula is C53H74N6O12. The van der Waals surface area contributed by atoms with Crippen LogP contribution in [0.5, 0.6) is 17.2 Å². The first kappa shape index (κ1) is 52.2. The number of ketones is 1. The molecule has 388 valence electrons. The van der Waals surface area contributed by atoms with Crippen LogP contribution in [-0.4, -0.2) is 159 Å². The number of piperidine rings is 1. The highest BCUT2D eigenvalue weighted by Crippen LogP contribution is 2.51. The Morgan fingerprint density at radius 2 is 1.58 bits per heavy atom. The number of nitrogens with zero attached hydrogens (tertiary/aromatic N) is 5. The predicted molar refractivity (Wildman–Crippen MR) is 265 cm³/mol. The van der Waals surface area contributed by atoms with Crippen molar-refractivity contribution in [1.29, 1.82) is 0 Å². The number of phenolic OH excluding ortho intramolecular Hbond substituents is 2. The van der Waals surface area contributed by atoms with E-state index in [2.05, 4.69) is 34.0 Å². The standard InChI is InChI=1S/C53H74N6O12/c1-28(2)26-57-19-17-53(18-20-57)55-39-36-37-44(63)34(8)47-38(36)48(65)51(9,71-47)69-25-14-35(68-10)31(5)46(70-50(67)58-21-23-59(24-22-58)52(27-60)15-16-52)33(7)43(62)32(6)42(61)29(3)12-11-13-30(4)49(66)54-41(45(37)64)40(39)56-53/h11-14,25,28-29,31-33,35,42-43,46,55,60-64H,15-24,26-27H2,1-10H3/b12-11+,25-14+,30-13-,54-41?/t29-,31+,32+,33+,35-,42-,43+,46+,51-/m0/s1. The summed E-state index contributed by atoms with van der Waals surface area (Å²) in [6.07, 6.45) is 6.13. The third kappa shape index (κ3) is 9.67. The molecule has 18 heteroatoms. The number of piperazine rings is 1. The summed E-state index contributed by atoms with van der Waals surface area (Å²) >= 11 is 0. The highest BCUT2D eigenvalue weighted by molar-refractivity contribution is 6.21. The lowest BCUT2D eigenvalue weighted by Crippen LogP contribution is -2.55. The van der Waals surface area contributed by atoms with Crippen molar-refractivity contribution in [2.24, 2.45) is 39.6 Å². The number of nitrogens with one attached hydrogen (secondary N) is 1. The maximum Gasteiger partial charge on any atom is 0.410 e. The van der Waals surface area contributed by atoms with E-state index in [9.17, 15) is 39.9 Å². The molecule has 6 N–H and O–H groups in total. The van der Waals surface area contributed by atoms with E-state index in [0.717, 1.165) is 19.4 Å². The lowest BCUT2D eigenvalue weighted by molar-refractivity contribution is -0.114. The minimum Gasteiger partial charge on any atom is -0.507 e.